The second kappa shape index (κ2) is 8.66. The van der Waals surface area contributed by atoms with Crippen LogP contribution in [0.5, 0.6) is 0 Å². The van der Waals surface area contributed by atoms with Crippen molar-refractivity contribution in [3.05, 3.63) is 28.3 Å². The monoisotopic (exact) mass is 446 g/mol. The Bertz CT molecular complexity index is 947. The van der Waals surface area contributed by atoms with Crippen molar-refractivity contribution < 1.29 is 22.8 Å². The maximum Gasteiger partial charge on any atom is 0.436 e. The summed E-state index contributed by atoms with van der Waals surface area (Å²) in [4.78, 5) is 26.9. The number of likely N-dealkylation sites (tertiary alicyclic amines) is 1. The quantitative estimate of drug-likeness (QED) is 0.764. The second-order valence-corrected chi connectivity index (χ2v) is 7.53. The van der Waals surface area contributed by atoms with Gasteiger partial charge in [-0.2, -0.15) is 23.4 Å². The molecule has 12 heteroatoms. The fraction of sp³-hybridized carbons (Fsp3) is 0.556. The Morgan fingerprint density at radius 1 is 1.23 bits per heavy atom. The van der Waals surface area contributed by atoms with Crippen LogP contribution in [0.2, 0.25) is 5.02 Å². The number of carbonyl (C=O) groups excluding carboxylic acids is 2. The van der Waals surface area contributed by atoms with E-state index in [2.05, 4.69) is 15.5 Å². The lowest BCUT2D eigenvalue weighted by molar-refractivity contribution is -0.141. The number of nitrogens with one attached hydrogen (secondary N) is 1. The van der Waals surface area contributed by atoms with Crippen LogP contribution in [0.4, 0.5) is 18.9 Å². The van der Waals surface area contributed by atoms with Gasteiger partial charge >= 0.3 is 6.18 Å². The molecule has 0 spiro atoms. The van der Waals surface area contributed by atoms with Crippen molar-refractivity contribution in [3.63, 3.8) is 0 Å². The van der Waals surface area contributed by atoms with Crippen molar-refractivity contribution in [2.24, 2.45) is 7.05 Å². The summed E-state index contributed by atoms with van der Waals surface area (Å²) >= 11 is 5.72. The number of hydrogen-bond acceptors (Lipinski definition) is 4. The molecular weight excluding hydrogens is 425 g/mol. The number of piperidine rings is 1. The Kier molecular flexibility index (Phi) is 6.39. The number of carbonyl (C=O) groups is 2. The van der Waals surface area contributed by atoms with Gasteiger partial charge in [-0.05, 0) is 26.2 Å². The van der Waals surface area contributed by atoms with E-state index in [0.29, 0.717) is 13.1 Å². The van der Waals surface area contributed by atoms with Crippen molar-refractivity contribution in [3.8, 4) is 0 Å². The van der Waals surface area contributed by atoms with Crippen LogP contribution in [0.15, 0.2) is 6.20 Å². The highest BCUT2D eigenvalue weighted by atomic mass is 35.5. The van der Waals surface area contributed by atoms with Gasteiger partial charge in [-0.15, -0.1) is 0 Å². The molecule has 1 fully saturated rings. The first kappa shape index (κ1) is 22.1. The van der Waals surface area contributed by atoms with Crippen LogP contribution in [0.3, 0.4) is 0 Å². The average Bonchev–Trinajstić information content (AvgIpc) is 3.20. The Hall–Kier alpha value is -2.56. The summed E-state index contributed by atoms with van der Waals surface area (Å²) in [5.74, 6) is -0.690. The third-order valence-corrected chi connectivity index (χ3v) is 5.46. The molecule has 8 nitrogen and oxygen atoms in total. The van der Waals surface area contributed by atoms with Gasteiger partial charge < -0.3 is 10.2 Å². The van der Waals surface area contributed by atoms with E-state index < -0.39 is 22.8 Å². The van der Waals surface area contributed by atoms with Gasteiger partial charge in [0, 0.05) is 26.6 Å². The Balaban J connectivity index is 1.67. The number of alkyl halides is 3. The highest BCUT2D eigenvalue weighted by Gasteiger charge is 2.38. The molecule has 164 valence electrons. The smallest absolute Gasteiger partial charge is 0.337 e. The molecule has 0 radical (unpaired) electrons. The summed E-state index contributed by atoms with van der Waals surface area (Å²) < 4.78 is 41.2. The zero-order valence-corrected chi connectivity index (χ0v) is 17.3. The highest BCUT2D eigenvalue weighted by molar-refractivity contribution is 6.31. The molecule has 0 unspecified atom stereocenters. The minimum Gasteiger partial charge on any atom is -0.337 e. The first-order chi connectivity index (χ1) is 14.1. The standard InChI is InChI=1S/C18H22ClF3N6O2/c1-11-14(19)16(18(20,21)22)25-28(11)9-6-13(29)24-12-10-23-26(2)15(12)17(30)27-7-4-3-5-8-27/h10H,3-9H2,1-2H3,(H,24,29). The van der Waals surface area contributed by atoms with E-state index in [9.17, 15) is 22.8 Å². The number of halogens is 4. The normalized spacial score (nSPS) is 14.8. The molecule has 1 aliphatic rings. The van der Waals surface area contributed by atoms with Gasteiger partial charge in [-0.25, -0.2) is 0 Å². The van der Waals surface area contributed by atoms with Crippen molar-refractivity contribution in [2.45, 2.75) is 45.3 Å². The van der Waals surface area contributed by atoms with Gasteiger partial charge in [-0.1, -0.05) is 11.6 Å². The van der Waals surface area contributed by atoms with Crippen LogP contribution >= 0.6 is 11.6 Å². The van der Waals surface area contributed by atoms with Gasteiger partial charge in [0.15, 0.2) is 5.69 Å². The Morgan fingerprint density at radius 2 is 1.90 bits per heavy atom. The molecule has 3 heterocycles. The van der Waals surface area contributed by atoms with Crippen LogP contribution in [-0.2, 0) is 24.6 Å². The topological polar surface area (TPSA) is 85.0 Å². The van der Waals surface area contributed by atoms with E-state index in [0.717, 1.165) is 23.9 Å². The second-order valence-electron chi connectivity index (χ2n) is 7.15. The van der Waals surface area contributed by atoms with Crippen molar-refractivity contribution in [1.29, 1.82) is 0 Å². The van der Waals surface area contributed by atoms with E-state index in [1.807, 2.05) is 0 Å². The zero-order chi connectivity index (χ0) is 22.1. The van der Waals surface area contributed by atoms with E-state index in [4.69, 9.17) is 11.6 Å². The average molecular weight is 447 g/mol. The van der Waals surface area contributed by atoms with Gasteiger partial charge in [0.2, 0.25) is 5.91 Å². The molecule has 2 aromatic rings. The van der Waals surface area contributed by atoms with Crippen LogP contribution in [0, 0.1) is 6.92 Å². The van der Waals surface area contributed by atoms with Crippen molar-refractivity contribution >= 4 is 29.1 Å². The molecule has 2 aromatic heterocycles. The maximum absolute atomic E-state index is 12.9. The van der Waals surface area contributed by atoms with Gasteiger partial charge in [-0.3, -0.25) is 19.0 Å². The third-order valence-electron chi connectivity index (χ3n) is 5.01. The lowest BCUT2D eigenvalue weighted by Gasteiger charge is -2.27. The van der Waals surface area contributed by atoms with E-state index in [1.54, 1.807) is 11.9 Å². The zero-order valence-electron chi connectivity index (χ0n) is 16.6. The number of anilines is 1. The summed E-state index contributed by atoms with van der Waals surface area (Å²) in [6, 6.07) is 0. The van der Waals surface area contributed by atoms with Crippen molar-refractivity contribution in [1.82, 2.24) is 24.5 Å². The fourth-order valence-corrected chi connectivity index (χ4v) is 3.62. The van der Waals surface area contributed by atoms with Gasteiger partial charge in [0.1, 0.15) is 5.69 Å². The van der Waals surface area contributed by atoms with E-state index in [-0.39, 0.29) is 35.9 Å². The first-order valence-electron chi connectivity index (χ1n) is 9.50. The Morgan fingerprint density at radius 3 is 2.50 bits per heavy atom. The lowest BCUT2D eigenvalue weighted by atomic mass is 10.1. The first-order valence-corrected chi connectivity index (χ1v) is 9.88. The number of rotatable bonds is 5. The lowest BCUT2D eigenvalue weighted by Crippen LogP contribution is -2.37. The predicted molar refractivity (Wildman–Crippen MR) is 103 cm³/mol. The molecular formula is C18H22ClF3N6O2. The molecule has 0 bridgehead atoms. The molecule has 0 aliphatic carbocycles. The molecule has 1 N–H and O–H groups in total. The number of amides is 2. The fourth-order valence-electron chi connectivity index (χ4n) is 3.37. The summed E-state index contributed by atoms with van der Waals surface area (Å²) in [6.07, 6.45) is -0.510. The maximum atomic E-state index is 12.9. The molecule has 0 atom stereocenters. The Labute approximate surface area is 176 Å². The van der Waals surface area contributed by atoms with Crippen LogP contribution in [-0.4, -0.2) is 49.4 Å². The third kappa shape index (κ3) is 4.61. The van der Waals surface area contributed by atoms with Crippen LogP contribution in [0.1, 0.15) is 47.6 Å². The molecule has 0 aromatic carbocycles. The molecule has 1 saturated heterocycles. The molecule has 30 heavy (non-hydrogen) atoms. The van der Waals surface area contributed by atoms with Gasteiger partial charge in [0.25, 0.3) is 5.91 Å². The van der Waals surface area contributed by atoms with E-state index >= 15 is 0 Å². The van der Waals surface area contributed by atoms with Gasteiger partial charge in [0.05, 0.1) is 29.1 Å². The van der Waals surface area contributed by atoms with E-state index in [1.165, 1.54) is 17.8 Å². The SMILES string of the molecule is Cc1c(Cl)c(C(F)(F)F)nn1CCC(=O)Nc1cnn(C)c1C(=O)N1CCCCC1. The van der Waals surface area contributed by atoms with Crippen LogP contribution in [0.25, 0.3) is 0 Å². The molecule has 2 amide bonds. The summed E-state index contributed by atoms with van der Waals surface area (Å²) in [5, 5.41) is 9.67. The minimum atomic E-state index is -4.67. The molecule has 1 aliphatic heterocycles. The number of aromatic nitrogens is 4. The molecule has 3 rings (SSSR count). The summed E-state index contributed by atoms with van der Waals surface area (Å²) in [5.41, 5.74) is -0.518. The minimum absolute atomic E-state index is 0.0941. The number of nitrogens with zero attached hydrogens (tertiary/aromatic N) is 5. The summed E-state index contributed by atoms with van der Waals surface area (Å²) in [7, 11) is 1.61. The number of aryl methyl sites for hydroxylation is 2. The molecule has 0 saturated carbocycles. The van der Waals surface area contributed by atoms with Crippen molar-refractivity contribution in [2.75, 3.05) is 18.4 Å². The van der Waals surface area contributed by atoms with Crippen LogP contribution < -0.4 is 5.32 Å². The highest BCUT2D eigenvalue weighted by Crippen LogP contribution is 2.35. The summed E-state index contributed by atoms with van der Waals surface area (Å²) in [6.45, 7) is 2.61. The number of hydrogen-bond donors (Lipinski definition) is 1. The predicted octanol–water partition coefficient (Wildman–Crippen LogP) is 3.25. The largest absolute Gasteiger partial charge is 0.436 e.